The molecule has 0 saturated heterocycles. The molecule has 8 N–H and O–H groups in total. The summed E-state index contributed by atoms with van der Waals surface area (Å²) in [5, 5.41) is 18.3. The van der Waals surface area contributed by atoms with Gasteiger partial charge in [0.25, 0.3) is 0 Å². The number of carbonyl (C=O) groups is 4. The maximum Gasteiger partial charge on any atom is 0.326 e. The van der Waals surface area contributed by atoms with Gasteiger partial charge in [-0.3, -0.25) is 14.4 Å². The van der Waals surface area contributed by atoms with Crippen molar-refractivity contribution in [3.63, 3.8) is 0 Å². The Kier molecular flexibility index (Phi) is 9.01. The molecule has 12 heteroatoms. The second-order valence-corrected chi connectivity index (χ2v) is 9.31. The number of aliphatic carboxylic acids is 1. The Morgan fingerprint density at radius 3 is 2.35 bits per heavy atom. The van der Waals surface area contributed by atoms with E-state index in [4.69, 9.17) is 5.73 Å². The number of carbonyl (C=O) groups excluding carboxylic acids is 3. The van der Waals surface area contributed by atoms with Crippen LogP contribution in [0.25, 0.3) is 10.9 Å². The summed E-state index contributed by atoms with van der Waals surface area (Å²) in [4.78, 5) is 60.0. The predicted molar refractivity (Wildman–Crippen MR) is 136 cm³/mol. The fraction of sp³-hybridized carbons (Fsp3) is 0.400. The third-order valence-electron chi connectivity index (χ3n) is 6.04. The Labute approximate surface area is 213 Å². The molecule has 3 rings (SSSR count). The Morgan fingerprint density at radius 2 is 1.70 bits per heavy atom. The van der Waals surface area contributed by atoms with Crippen LogP contribution in [-0.2, 0) is 32.0 Å². The van der Waals surface area contributed by atoms with Gasteiger partial charge in [0.2, 0.25) is 17.7 Å². The van der Waals surface area contributed by atoms with Gasteiger partial charge in [-0.05, 0) is 24.5 Å². The van der Waals surface area contributed by atoms with E-state index >= 15 is 0 Å². The van der Waals surface area contributed by atoms with Crippen LogP contribution in [0, 0.1) is 5.92 Å². The molecule has 2 aromatic heterocycles. The highest BCUT2D eigenvalue weighted by molar-refractivity contribution is 5.94. The molecule has 3 amide bonds. The van der Waals surface area contributed by atoms with Gasteiger partial charge in [-0.2, -0.15) is 0 Å². The molecule has 4 unspecified atom stereocenters. The number of carboxylic acids is 1. The fourth-order valence-corrected chi connectivity index (χ4v) is 3.91. The number of amides is 3. The van der Waals surface area contributed by atoms with Crippen molar-refractivity contribution in [1.29, 1.82) is 0 Å². The highest BCUT2D eigenvalue weighted by Crippen LogP contribution is 2.19. The van der Waals surface area contributed by atoms with Crippen LogP contribution in [0.2, 0.25) is 0 Å². The fourth-order valence-electron chi connectivity index (χ4n) is 3.91. The van der Waals surface area contributed by atoms with Gasteiger partial charge in [0.1, 0.15) is 18.1 Å². The molecular weight excluding hydrogens is 478 g/mol. The second kappa shape index (κ2) is 12.2. The first-order chi connectivity index (χ1) is 17.6. The largest absolute Gasteiger partial charge is 0.480 e. The third-order valence-corrected chi connectivity index (χ3v) is 6.04. The molecule has 0 fully saturated rings. The molecule has 0 aliphatic heterocycles. The number of aromatic nitrogens is 3. The van der Waals surface area contributed by atoms with E-state index in [9.17, 15) is 24.3 Å². The number of carboxylic acid groups (broad SMARTS) is 1. The summed E-state index contributed by atoms with van der Waals surface area (Å²) in [6, 6.07) is 3.36. The molecule has 3 aromatic rings. The van der Waals surface area contributed by atoms with Gasteiger partial charge < -0.3 is 36.8 Å². The predicted octanol–water partition coefficient (Wildman–Crippen LogP) is 0.218. The summed E-state index contributed by atoms with van der Waals surface area (Å²) in [6.45, 7) is 4.93. The summed E-state index contributed by atoms with van der Waals surface area (Å²) in [5.41, 5.74) is 8.20. The van der Waals surface area contributed by atoms with Crippen molar-refractivity contribution in [2.75, 3.05) is 0 Å². The van der Waals surface area contributed by atoms with Crippen LogP contribution in [0.5, 0.6) is 0 Å². The quantitative estimate of drug-likeness (QED) is 0.180. The number of rotatable bonds is 12. The SMILES string of the molecule is CC(NC(=O)C(N)Cc1cnc[nH]1)C(=O)NC(C(=O)NC(Cc1c[nH]c2ccccc12)C(=O)O)C(C)C. The number of fused-ring (bicyclic) bond motifs is 1. The van der Waals surface area contributed by atoms with Crippen molar-refractivity contribution in [3.05, 3.63) is 54.2 Å². The van der Waals surface area contributed by atoms with Crippen molar-refractivity contribution in [2.45, 2.75) is 57.8 Å². The topological polar surface area (TPSA) is 195 Å². The van der Waals surface area contributed by atoms with E-state index in [1.165, 1.54) is 13.3 Å². The maximum atomic E-state index is 13.0. The number of H-pyrrole nitrogens is 2. The lowest BCUT2D eigenvalue weighted by Crippen LogP contribution is -2.58. The lowest BCUT2D eigenvalue weighted by molar-refractivity contribution is -0.142. The molecular formula is C25H33N7O5. The average Bonchev–Trinajstić information content (AvgIpc) is 3.51. The molecule has 12 nitrogen and oxygen atoms in total. The molecule has 0 aliphatic rings. The van der Waals surface area contributed by atoms with E-state index in [0.29, 0.717) is 5.69 Å². The van der Waals surface area contributed by atoms with Gasteiger partial charge in [0.15, 0.2) is 0 Å². The normalized spacial score (nSPS) is 14.5. The Balaban J connectivity index is 1.60. The van der Waals surface area contributed by atoms with Gasteiger partial charge in [0, 0.05) is 41.8 Å². The Bertz CT molecular complexity index is 1240. The minimum Gasteiger partial charge on any atom is -0.480 e. The average molecular weight is 512 g/mol. The zero-order chi connectivity index (χ0) is 27.1. The van der Waals surface area contributed by atoms with Crippen molar-refractivity contribution < 1.29 is 24.3 Å². The van der Waals surface area contributed by atoms with E-state index in [-0.39, 0.29) is 18.8 Å². The summed E-state index contributed by atoms with van der Waals surface area (Å²) in [5.74, 6) is -3.31. The standard InChI is InChI=1S/C25H33N7O5/c1-13(2)21(32-22(33)14(3)30-23(34)18(26)9-16-11-27-12-29-16)24(35)31-20(25(36)37)8-15-10-28-19-7-5-4-6-17(15)19/h4-7,10-14,18,20-21,28H,8-9,26H2,1-3H3,(H,27,29)(H,30,34)(H,31,35)(H,32,33)(H,36,37). The van der Waals surface area contributed by atoms with Crippen LogP contribution in [0.4, 0.5) is 0 Å². The summed E-state index contributed by atoms with van der Waals surface area (Å²) in [7, 11) is 0. The van der Waals surface area contributed by atoms with Crippen LogP contribution < -0.4 is 21.7 Å². The number of nitrogens with one attached hydrogen (secondary N) is 5. The first-order valence-corrected chi connectivity index (χ1v) is 12.0. The molecule has 2 heterocycles. The lowest BCUT2D eigenvalue weighted by atomic mass is 10.0. The smallest absolute Gasteiger partial charge is 0.326 e. The van der Waals surface area contributed by atoms with Gasteiger partial charge in [0.05, 0.1) is 12.4 Å². The highest BCUT2D eigenvalue weighted by Gasteiger charge is 2.31. The maximum absolute atomic E-state index is 13.0. The number of benzene rings is 1. The van der Waals surface area contributed by atoms with E-state index in [2.05, 4.69) is 30.9 Å². The zero-order valence-corrected chi connectivity index (χ0v) is 20.9. The van der Waals surface area contributed by atoms with Crippen molar-refractivity contribution >= 4 is 34.6 Å². The van der Waals surface area contributed by atoms with Crippen LogP contribution >= 0.6 is 0 Å². The van der Waals surface area contributed by atoms with Gasteiger partial charge >= 0.3 is 5.97 Å². The number of para-hydroxylation sites is 1. The van der Waals surface area contributed by atoms with Crippen molar-refractivity contribution in [2.24, 2.45) is 11.7 Å². The lowest BCUT2D eigenvalue weighted by Gasteiger charge is -2.26. The number of imidazole rings is 1. The number of nitrogens with two attached hydrogens (primary N) is 1. The Hall–Kier alpha value is -4.19. The van der Waals surface area contributed by atoms with Crippen molar-refractivity contribution in [3.8, 4) is 0 Å². The van der Waals surface area contributed by atoms with E-state index in [0.717, 1.165) is 16.5 Å². The molecule has 198 valence electrons. The summed E-state index contributed by atoms with van der Waals surface area (Å²) >= 11 is 0. The molecule has 1 aromatic carbocycles. The molecule has 0 spiro atoms. The van der Waals surface area contributed by atoms with Crippen LogP contribution in [0.15, 0.2) is 43.0 Å². The van der Waals surface area contributed by atoms with Gasteiger partial charge in [-0.15, -0.1) is 0 Å². The Morgan fingerprint density at radius 1 is 0.973 bits per heavy atom. The molecule has 4 atom stereocenters. The molecule has 37 heavy (non-hydrogen) atoms. The number of hydrogen-bond acceptors (Lipinski definition) is 6. The second-order valence-electron chi connectivity index (χ2n) is 9.31. The van der Waals surface area contributed by atoms with Gasteiger partial charge in [-0.1, -0.05) is 32.0 Å². The van der Waals surface area contributed by atoms with Crippen LogP contribution in [-0.4, -0.2) is 67.9 Å². The summed E-state index contributed by atoms with van der Waals surface area (Å²) in [6.07, 6.45) is 5.02. The van der Waals surface area contributed by atoms with Crippen LogP contribution in [0.3, 0.4) is 0 Å². The van der Waals surface area contributed by atoms with Crippen molar-refractivity contribution in [1.82, 2.24) is 30.9 Å². The van der Waals surface area contributed by atoms with Gasteiger partial charge in [-0.25, -0.2) is 9.78 Å². The monoisotopic (exact) mass is 511 g/mol. The minimum absolute atomic E-state index is 0.0600. The molecule has 0 bridgehead atoms. The molecule has 0 saturated carbocycles. The third kappa shape index (κ3) is 7.17. The number of aromatic amines is 2. The first kappa shape index (κ1) is 27.4. The highest BCUT2D eigenvalue weighted by atomic mass is 16.4. The summed E-state index contributed by atoms with van der Waals surface area (Å²) < 4.78 is 0. The number of nitrogens with zero attached hydrogens (tertiary/aromatic N) is 1. The minimum atomic E-state index is -1.21. The number of hydrogen-bond donors (Lipinski definition) is 7. The van der Waals surface area contributed by atoms with E-state index in [1.54, 1.807) is 26.2 Å². The first-order valence-electron chi connectivity index (χ1n) is 12.0. The zero-order valence-electron chi connectivity index (χ0n) is 20.9. The molecule has 0 aliphatic carbocycles. The van der Waals surface area contributed by atoms with E-state index in [1.807, 2.05) is 24.3 Å². The van der Waals surface area contributed by atoms with E-state index < -0.39 is 47.9 Å². The van der Waals surface area contributed by atoms with Crippen LogP contribution in [0.1, 0.15) is 32.0 Å². The molecule has 0 radical (unpaired) electrons.